The molecule has 34 heavy (non-hydrogen) atoms. The molecule has 0 aliphatic rings. The molecule has 3 aromatic rings. The molecule has 3 aromatic carbocycles. The second-order valence-corrected chi connectivity index (χ2v) is 11.2. The van der Waals surface area contributed by atoms with Crippen molar-refractivity contribution in [3.8, 4) is 11.5 Å². The first-order chi connectivity index (χ1) is 16.2. The molecule has 10 heteroatoms. The quantitative estimate of drug-likeness (QED) is 0.321. The van der Waals surface area contributed by atoms with E-state index in [1.54, 1.807) is 48.2 Å². The highest BCUT2D eigenvalue weighted by atomic mass is 35.5. The fourth-order valence-corrected chi connectivity index (χ4v) is 5.25. The zero-order valence-corrected chi connectivity index (χ0v) is 21.6. The Morgan fingerprint density at radius 2 is 1.68 bits per heavy atom. The van der Waals surface area contributed by atoms with Gasteiger partial charge in [0.2, 0.25) is 15.9 Å². The average Bonchev–Trinajstić information content (AvgIpc) is 2.79. The van der Waals surface area contributed by atoms with Crippen LogP contribution in [0.3, 0.4) is 0 Å². The molecule has 0 aliphatic carbocycles. The number of carbonyl (C=O) groups excluding carboxylic acids is 1. The molecule has 6 nitrogen and oxygen atoms in total. The van der Waals surface area contributed by atoms with E-state index >= 15 is 0 Å². The van der Waals surface area contributed by atoms with Gasteiger partial charge in [-0.1, -0.05) is 47.5 Å². The van der Waals surface area contributed by atoms with Gasteiger partial charge in [-0.15, -0.1) is 0 Å². The molecule has 0 aliphatic heterocycles. The molecule has 0 aromatic heterocycles. The highest BCUT2D eigenvalue weighted by Crippen LogP contribution is 2.26. The number of amides is 1. The maximum atomic E-state index is 12.4. The van der Waals surface area contributed by atoms with Crippen molar-refractivity contribution in [3.63, 3.8) is 0 Å². The molecule has 1 N–H and O–H groups in total. The largest absolute Gasteiger partial charge is 0.457 e. The van der Waals surface area contributed by atoms with Crippen molar-refractivity contribution >= 4 is 56.6 Å². The molecule has 0 fully saturated rings. The predicted octanol–water partition coefficient (Wildman–Crippen LogP) is 5.60. The topological polar surface area (TPSA) is 75.7 Å². The normalized spacial score (nSPS) is 11.1. The Balaban J connectivity index is 1.51. The maximum Gasteiger partial charge on any atom is 0.240 e. The SMILES string of the molecule is CS(=O)(=O)N(CC(=O)NCCSCc1ccc(Cl)cc1Cl)c1ccc(Oc2ccccc2)cc1. The number of nitrogens with one attached hydrogen (secondary N) is 1. The Hall–Kier alpha value is -2.39. The van der Waals surface area contributed by atoms with Gasteiger partial charge in [0.25, 0.3) is 0 Å². The number of benzene rings is 3. The van der Waals surface area contributed by atoms with Gasteiger partial charge in [-0.25, -0.2) is 8.42 Å². The monoisotopic (exact) mass is 538 g/mol. The van der Waals surface area contributed by atoms with Crippen LogP contribution >= 0.6 is 35.0 Å². The number of nitrogens with zero attached hydrogens (tertiary/aromatic N) is 1. The number of anilines is 1. The van der Waals surface area contributed by atoms with E-state index in [1.165, 1.54) is 0 Å². The lowest BCUT2D eigenvalue weighted by atomic mass is 10.2. The maximum absolute atomic E-state index is 12.4. The lowest BCUT2D eigenvalue weighted by Gasteiger charge is -2.22. The van der Waals surface area contributed by atoms with E-state index in [4.69, 9.17) is 27.9 Å². The minimum Gasteiger partial charge on any atom is -0.457 e. The first-order valence-electron chi connectivity index (χ1n) is 10.3. The number of hydrogen-bond donors (Lipinski definition) is 1. The fraction of sp³-hybridized carbons (Fsp3) is 0.208. The minimum atomic E-state index is -3.66. The summed E-state index contributed by atoms with van der Waals surface area (Å²) in [6.07, 6.45) is 1.07. The van der Waals surface area contributed by atoms with Crippen LogP contribution in [0.4, 0.5) is 5.69 Å². The Kier molecular flexibility index (Phi) is 9.53. The predicted molar refractivity (Wildman–Crippen MR) is 141 cm³/mol. The lowest BCUT2D eigenvalue weighted by molar-refractivity contribution is -0.119. The number of carbonyl (C=O) groups is 1. The van der Waals surface area contributed by atoms with Gasteiger partial charge < -0.3 is 10.1 Å². The fourth-order valence-electron chi connectivity index (χ4n) is 2.97. The molecule has 0 unspecified atom stereocenters. The van der Waals surface area contributed by atoms with Gasteiger partial charge in [0.05, 0.1) is 11.9 Å². The van der Waals surface area contributed by atoms with Gasteiger partial charge in [-0.3, -0.25) is 9.10 Å². The smallest absolute Gasteiger partial charge is 0.240 e. The standard InChI is InChI=1S/C24H24Cl2N2O4S2/c1-34(30,31)28(20-9-11-22(12-10-20)32-21-5-3-2-4-6-21)16-24(29)27-13-14-33-17-18-7-8-19(25)15-23(18)26/h2-12,15H,13-14,16-17H2,1H3,(H,27,29). The first kappa shape index (κ1) is 26.2. The summed E-state index contributed by atoms with van der Waals surface area (Å²) in [4.78, 5) is 12.4. The molecule has 0 atom stereocenters. The van der Waals surface area contributed by atoms with Crippen LogP contribution in [-0.2, 0) is 20.6 Å². The van der Waals surface area contributed by atoms with Gasteiger partial charge in [-0.05, 0) is 54.1 Å². The van der Waals surface area contributed by atoms with Crippen LogP contribution in [0.1, 0.15) is 5.56 Å². The third-order valence-electron chi connectivity index (χ3n) is 4.63. The van der Waals surface area contributed by atoms with Gasteiger partial charge in [0, 0.05) is 28.1 Å². The summed E-state index contributed by atoms with van der Waals surface area (Å²) in [7, 11) is -3.66. The summed E-state index contributed by atoms with van der Waals surface area (Å²) in [5.41, 5.74) is 1.34. The van der Waals surface area contributed by atoms with Gasteiger partial charge >= 0.3 is 0 Å². The van der Waals surface area contributed by atoms with Gasteiger partial charge in [0.15, 0.2) is 0 Å². The number of thioether (sulfide) groups is 1. The lowest BCUT2D eigenvalue weighted by Crippen LogP contribution is -2.41. The molecule has 3 rings (SSSR count). The van der Waals surface area contributed by atoms with Crippen molar-refractivity contribution in [2.24, 2.45) is 0 Å². The number of halogens is 2. The third-order valence-corrected chi connectivity index (χ3v) is 7.37. The second-order valence-electron chi connectivity index (χ2n) is 7.32. The summed E-state index contributed by atoms with van der Waals surface area (Å²) in [6.45, 7) is 0.0849. The van der Waals surface area contributed by atoms with E-state index in [-0.39, 0.29) is 12.5 Å². The summed E-state index contributed by atoms with van der Waals surface area (Å²) in [5, 5.41) is 3.95. The van der Waals surface area contributed by atoms with Crippen LogP contribution in [0.15, 0.2) is 72.8 Å². The molecule has 180 valence electrons. The number of para-hydroxylation sites is 1. The van der Waals surface area contributed by atoms with Crippen LogP contribution in [0.25, 0.3) is 0 Å². The summed E-state index contributed by atoms with van der Waals surface area (Å²) in [6, 6.07) is 21.1. The summed E-state index contributed by atoms with van der Waals surface area (Å²) >= 11 is 13.7. The van der Waals surface area contributed by atoms with Crippen molar-refractivity contribution in [1.82, 2.24) is 5.32 Å². The minimum absolute atomic E-state index is 0.314. The Labute approximate surface area is 214 Å². The molecule has 1 amide bonds. The third kappa shape index (κ3) is 8.13. The molecule has 0 bridgehead atoms. The van der Waals surface area contributed by atoms with Gasteiger partial charge in [-0.2, -0.15) is 11.8 Å². The van der Waals surface area contributed by atoms with Crippen LogP contribution in [0.5, 0.6) is 11.5 Å². The van der Waals surface area contributed by atoms with E-state index < -0.39 is 10.0 Å². The molecule has 0 spiro atoms. The van der Waals surface area contributed by atoms with E-state index in [1.807, 2.05) is 36.4 Å². The van der Waals surface area contributed by atoms with E-state index in [2.05, 4.69) is 5.32 Å². The Morgan fingerprint density at radius 1 is 1.00 bits per heavy atom. The number of sulfonamides is 1. The Morgan fingerprint density at radius 3 is 2.32 bits per heavy atom. The van der Waals surface area contributed by atoms with E-state index in [0.29, 0.717) is 45.3 Å². The van der Waals surface area contributed by atoms with Crippen LogP contribution in [-0.4, -0.2) is 39.4 Å². The molecule has 0 saturated heterocycles. The van der Waals surface area contributed by atoms with Crippen molar-refractivity contribution < 1.29 is 17.9 Å². The van der Waals surface area contributed by atoms with Crippen LogP contribution < -0.4 is 14.4 Å². The van der Waals surface area contributed by atoms with Crippen LogP contribution in [0.2, 0.25) is 10.0 Å². The van der Waals surface area contributed by atoms with Gasteiger partial charge in [0.1, 0.15) is 18.0 Å². The highest BCUT2D eigenvalue weighted by Gasteiger charge is 2.20. The Bertz CT molecular complexity index is 1210. The van der Waals surface area contributed by atoms with Crippen molar-refractivity contribution in [2.45, 2.75) is 5.75 Å². The zero-order chi connectivity index (χ0) is 24.6. The average molecular weight is 540 g/mol. The zero-order valence-electron chi connectivity index (χ0n) is 18.4. The second kappa shape index (κ2) is 12.4. The first-order valence-corrected chi connectivity index (χ1v) is 14.1. The van der Waals surface area contributed by atoms with E-state index in [0.717, 1.165) is 16.1 Å². The van der Waals surface area contributed by atoms with Crippen molar-refractivity contribution in [3.05, 3.63) is 88.4 Å². The number of rotatable bonds is 11. The molecular formula is C24H24Cl2N2O4S2. The number of ether oxygens (including phenoxy) is 1. The summed E-state index contributed by atoms with van der Waals surface area (Å²) < 4.78 is 31.4. The molecule has 0 saturated carbocycles. The summed E-state index contributed by atoms with van der Waals surface area (Å²) in [5.74, 6) is 2.17. The molecule has 0 heterocycles. The highest BCUT2D eigenvalue weighted by molar-refractivity contribution is 7.98. The van der Waals surface area contributed by atoms with Crippen molar-refractivity contribution in [1.29, 1.82) is 0 Å². The molecule has 0 radical (unpaired) electrons. The number of hydrogen-bond acceptors (Lipinski definition) is 5. The van der Waals surface area contributed by atoms with Crippen LogP contribution in [0, 0.1) is 0 Å². The molecular weight excluding hydrogens is 515 g/mol. The van der Waals surface area contributed by atoms with E-state index in [9.17, 15) is 13.2 Å². The van der Waals surface area contributed by atoms with Crippen molar-refractivity contribution in [2.75, 3.05) is 29.4 Å².